The fourth-order valence-corrected chi connectivity index (χ4v) is 6.77. The maximum Gasteiger partial charge on any atom is 0.0779 e. The molecule has 4 bridgehead atoms. The quantitative estimate of drug-likeness (QED) is 0.819. The summed E-state index contributed by atoms with van der Waals surface area (Å²) in [5.74, 6) is 0.916. The molecule has 4 fully saturated rings. The summed E-state index contributed by atoms with van der Waals surface area (Å²) in [6.07, 6.45) is 9.22. The van der Waals surface area contributed by atoms with Crippen LogP contribution in [0.15, 0.2) is 0 Å². The molecule has 4 rings (SSSR count). The lowest BCUT2D eigenvalue weighted by atomic mass is 9.39. The summed E-state index contributed by atoms with van der Waals surface area (Å²) < 4.78 is 5.62. The Hall–Kier alpha value is -0.0800. The van der Waals surface area contributed by atoms with Crippen molar-refractivity contribution in [2.24, 2.45) is 22.2 Å². The van der Waals surface area contributed by atoms with Crippen molar-refractivity contribution in [2.45, 2.75) is 84.8 Å². The molecule has 0 spiro atoms. The highest BCUT2D eigenvalue weighted by molar-refractivity contribution is 5.10. The van der Waals surface area contributed by atoms with E-state index in [2.05, 4.69) is 13.8 Å². The van der Waals surface area contributed by atoms with E-state index in [9.17, 15) is 5.11 Å². The van der Waals surface area contributed by atoms with Crippen LogP contribution in [0.25, 0.3) is 0 Å². The molecule has 1 N–H and O–H groups in total. The number of aliphatic hydroxyl groups is 1. The molecular formula is C18H32O2. The summed E-state index contributed by atoms with van der Waals surface area (Å²) in [6, 6.07) is 0. The van der Waals surface area contributed by atoms with Crippen LogP contribution in [0.4, 0.5) is 0 Å². The van der Waals surface area contributed by atoms with E-state index in [0.717, 1.165) is 12.3 Å². The first kappa shape index (κ1) is 14.8. The topological polar surface area (TPSA) is 29.5 Å². The van der Waals surface area contributed by atoms with E-state index >= 15 is 0 Å². The zero-order chi connectivity index (χ0) is 14.6. The van der Waals surface area contributed by atoms with Gasteiger partial charge in [0.2, 0.25) is 0 Å². The molecule has 0 heterocycles. The van der Waals surface area contributed by atoms with Crippen LogP contribution in [0.2, 0.25) is 0 Å². The third kappa shape index (κ3) is 2.78. The van der Waals surface area contributed by atoms with E-state index < -0.39 is 0 Å². The zero-order valence-corrected chi connectivity index (χ0v) is 13.7. The number of hydrogen-bond donors (Lipinski definition) is 1. The highest BCUT2D eigenvalue weighted by Crippen LogP contribution is 2.70. The fraction of sp³-hybridized carbons (Fsp3) is 1.00. The van der Waals surface area contributed by atoms with Crippen molar-refractivity contribution in [3.8, 4) is 0 Å². The Bertz CT molecular complexity index is 358. The smallest absolute Gasteiger partial charge is 0.0779 e. The van der Waals surface area contributed by atoms with Gasteiger partial charge in [-0.05, 0) is 81.0 Å². The molecule has 4 aliphatic carbocycles. The number of rotatable bonds is 5. The molecule has 4 saturated carbocycles. The Balaban J connectivity index is 1.69. The molecule has 20 heavy (non-hydrogen) atoms. The van der Waals surface area contributed by atoms with E-state index in [-0.39, 0.29) is 12.2 Å². The van der Waals surface area contributed by atoms with Crippen LogP contribution < -0.4 is 0 Å². The van der Waals surface area contributed by atoms with Crippen LogP contribution in [0, 0.1) is 22.2 Å². The lowest BCUT2D eigenvalue weighted by Gasteiger charge is -2.66. The first-order valence-electron chi connectivity index (χ1n) is 8.51. The molecule has 0 aromatic heterocycles. The molecule has 0 aromatic carbocycles. The molecule has 0 aliphatic heterocycles. The second-order valence-corrected chi connectivity index (χ2v) is 9.37. The number of hydrogen-bond acceptors (Lipinski definition) is 2. The fourth-order valence-electron chi connectivity index (χ4n) is 6.77. The first-order chi connectivity index (χ1) is 9.22. The minimum atomic E-state index is -0.277. The molecule has 0 aromatic rings. The summed E-state index contributed by atoms with van der Waals surface area (Å²) >= 11 is 0. The van der Waals surface area contributed by atoms with Gasteiger partial charge in [0.25, 0.3) is 0 Å². The summed E-state index contributed by atoms with van der Waals surface area (Å²) in [6.45, 7) is 9.60. The van der Waals surface area contributed by atoms with Crippen molar-refractivity contribution in [1.82, 2.24) is 0 Å². The minimum Gasteiger partial charge on any atom is -0.391 e. The molecule has 2 nitrogen and oxygen atoms in total. The van der Waals surface area contributed by atoms with Crippen LogP contribution in [0.1, 0.15) is 72.6 Å². The third-order valence-electron chi connectivity index (χ3n) is 6.03. The molecule has 2 heteroatoms. The van der Waals surface area contributed by atoms with Gasteiger partial charge in [0, 0.05) is 0 Å². The average Bonchev–Trinajstić information content (AvgIpc) is 2.20. The van der Waals surface area contributed by atoms with Gasteiger partial charge in [-0.3, -0.25) is 0 Å². The Kier molecular flexibility index (Phi) is 3.49. The lowest BCUT2D eigenvalue weighted by molar-refractivity contribution is -0.160. The average molecular weight is 280 g/mol. The second-order valence-electron chi connectivity index (χ2n) is 9.37. The summed E-state index contributed by atoms with van der Waals surface area (Å²) in [7, 11) is 0. The van der Waals surface area contributed by atoms with Crippen LogP contribution >= 0.6 is 0 Å². The van der Waals surface area contributed by atoms with E-state index in [1.54, 1.807) is 0 Å². The van der Waals surface area contributed by atoms with Gasteiger partial charge in [0.05, 0.1) is 18.8 Å². The van der Waals surface area contributed by atoms with Crippen LogP contribution in [0.3, 0.4) is 0 Å². The Morgan fingerprint density at radius 1 is 1.05 bits per heavy atom. The van der Waals surface area contributed by atoms with Gasteiger partial charge in [0.15, 0.2) is 0 Å². The zero-order valence-electron chi connectivity index (χ0n) is 13.7. The predicted octanol–water partition coefficient (Wildman–Crippen LogP) is 4.16. The highest BCUT2D eigenvalue weighted by Gasteiger charge is 2.60. The minimum absolute atomic E-state index is 0.219. The molecule has 0 radical (unpaired) electrons. The van der Waals surface area contributed by atoms with Crippen molar-refractivity contribution in [3.63, 3.8) is 0 Å². The Labute approximate surface area is 124 Å². The van der Waals surface area contributed by atoms with Gasteiger partial charge in [0.1, 0.15) is 0 Å². The molecular weight excluding hydrogens is 248 g/mol. The molecule has 3 atom stereocenters. The van der Waals surface area contributed by atoms with Crippen LogP contribution in [0.5, 0.6) is 0 Å². The Morgan fingerprint density at radius 3 is 2.15 bits per heavy atom. The monoisotopic (exact) mass is 280 g/mol. The Morgan fingerprint density at radius 2 is 1.65 bits per heavy atom. The SMILES string of the molecule is CC(C)OCC(O)CC12CC3CC(C)(CC(C)(C3)C1)C2. The summed E-state index contributed by atoms with van der Waals surface area (Å²) in [5, 5.41) is 10.4. The van der Waals surface area contributed by atoms with Gasteiger partial charge in [-0.1, -0.05) is 13.8 Å². The summed E-state index contributed by atoms with van der Waals surface area (Å²) in [5.41, 5.74) is 1.50. The second kappa shape index (κ2) is 4.71. The van der Waals surface area contributed by atoms with Crippen LogP contribution in [-0.4, -0.2) is 23.9 Å². The predicted molar refractivity (Wildman–Crippen MR) is 81.6 cm³/mol. The van der Waals surface area contributed by atoms with Crippen LogP contribution in [-0.2, 0) is 4.74 Å². The number of aliphatic hydroxyl groups excluding tert-OH is 1. The van der Waals surface area contributed by atoms with E-state index in [4.69, 9.17) is 4.74 Å². The van der Waals surface area contributed by atoms with Crippen molar-refractivity contribution < 1.29 is 9.84 Å². The third-order valence-corrected chi connectivity index (χ3v) is 6.03. The maximum atomic E-state index is 10.4. The molecule has 116 valence electrons. The number of ether oxygens (including phenoxy) is 1. The van der Waals surface area contributed by atoms with Gasteiger partial charge in [-0.25, -0.2) is 0 Å². The molecule has 0 saturated heterocycles. The van der Waals surface area contributed by atoms with Crippen molar-refractivity contribution >= 4 is 0 Å². The van der Waals surface area contributed by atoms with Gasteiger partial charge in [-0.15, -0.1) is 0 Å². The van der Waals surface area contributed by atoms with Crippen molar-refractivity contribution in [1.29, 1.82) is 0 Å². The van der Waals surface area contributed by atoms with E-state index in [1.165, 1.54) is 38.5 Å². The normalized spacial score (nSPS) is 48.0. The molecule has 0 amide bonds. The van der Waals surface area contributed by atoms with Gasteiger partial charge in [-0.2, -0.15) is 0 Å². The van der Waals surface area contributed by atoms with Crippen molar-refractivity contribution in [2.75, 3.05) is 6.61 Å². The van der Waals surface area contributed by atoms with Gasteiger partial charge < -0.3 is 9.84 Å². The first-order valence-corrected chi connectivity index (χ1v) is 8.51. The molecule has 3 unspecified atom stereocenters. The van der Waals surface area contributed by atoms with Crippen molar-refractivity contribution in [3.05, 3.63) is 0 Å². The molecule has 4 aliphatic rings. The summed E-state index contributed by atoms with van der Waals surface area (Å²) in [4.78, 5) is 0. The lowest BCUT2D eigenvalue weighted by Crippen LogP contribution is -2.55. The maximum absolute atomic E-state index is 10.4. The highest BCUT2D eigenvalue weighted by atomic mass is 16.5. The van der Waals surface area contributed by atoms with E-state index in [0.29, 0.717) is 22.9 Å². The largest absolute Gasteiger partial charge is 0.391 e. The van der Waals surface area contributed by atoms with Gasteiger partial charge >= 0.3 is 0 Å². The van der Waals surface area contributed by atoms with E-state index in [1.807, 2.05) is 13.8 Å². The standard InChI is InChI=1S/C18H32O2/c1-13(2)20-9-15(19)8-18-7-14-5-16(3,11-18)10-17(4,6-14)12-18/h13-15,19H,5-12H2,1-4H3.